The number of H-pyrrole nitrogens is 1. The molecule has 0 amide bonds. The zero-order valence-electron chi connectivity index (χ0n) is 20.4. The number of nitrogens with one attached hydrogen (secondary N) is 1. The Morgan fingerprint density at radius 1 is 0.868 bits per heavy atom. The molecule has 1 fully saturated rings. The summed E-state index contributed by atoms with van der Waals surface area (Å²) < 4.78 is 24.0. The molecule has 1 aromatic heterocycles. The first kappa shape index (κ1) is 25.9. The molecule has 0 radical (unpaired) electrons. The molecule has 2 heterocycles. The molecule has 3 aromatic carbocycles. The molecule has 3 atom stereocenters. The fourth-order valence-electron chi connectivity index (χ4n) is 5.22. The number of aromatic amines is 1. The summed E-state index contributed by atoms with van der Waals surface area (Å²) in [4.78, 5) is 38.3. The third-order valence-electron chi connectivity index (χ3n) is 6.73. The second-order valence-electron chi connectivity index (χ2n) is 8.98. The molecule has 1 aliphatic rings. The Morgan fingerprint density at radius 3 is 1.87 bits per heavy atom. The molecule has 1 aliphatic heterocycles. The average Bonchev–Trinajstić information content (AvgIpc) is 2.94. The van der Waals surface area contributed by atoms with Crippen molar-refractivity contribution < 1.29 is 18.7 Å². The number of hydrogen-bond donors (Lipinski definition) is 2. The van der Waals surface area contributed by atoms with Crippen LogP contribution in [-0.2, 0) is 19.4 Å². The minimum absolute atomic E-state index is 0.161. The lowest BCUT2D eigenvalue weighted by atomic mass is 9.75. The van der Waals surface area contributed by atoms with Gasteiger partial charge in [0.15, 0.2) is 6.23 Å². The van der Waals surface area contributed by atoms with Crippen molar-refractivity contribution in [1.82, 2.24) is 14.5 Å². The Bertz CT molecular complexity index is 1400. The Morgan fingerprint density at radius 2 is 1.39 bits per heavy atom. The number of hydrogen-bond acceptors (Lipinski definition) is 6. The van der Waals surface area contributed by atoms with Crippen LogP contribution in [0.1, 0.15) is 22.9 Å². The molecule has 0 aliphatic carbocycles. The van der Waals surface area contributed by atoms with Crippen LogP contribution in [0.15, 0.2) is 113 Å². The van der Waals surface area contributed by atoms with E-state index in [1.165, 1.54) is 16.8 Å². The first-order valence-electron chi connectivity index (χ1n) is 12.2. The van der Waals surface area contributed by atoms with Gasteiger partial charge in [-0.05, 0) is 16.7 Å². The lowest BCUT2D eigenvalue weighted by molar-refractivity contribution is -0.148. The van der Waals surface area contributed by atoms with Gasteiger partial charge in [-0.15, -0.1) is 9.42 Å². The molecular formula is C28H27N3O6P+. The Balaban J connectivity index is 1.72. The van der Waals surface area contributed by atoms with Gasteiger partial charge in [0.25, 0.3) is 5.56 Å². The summed E-state index contributed by atoms with van der Waals surface area (Å²) >= 11 is 0. The molecule has 0 spiro atoms. The predicted molar refractivity (Wildman–Crippen MR) is 142 cm³/mol. The standard InChI is InChI=1S/C28H26N3O6P/c32-25-16-17-31(27(33)29-25)26-19-30(18-24(37-26)20-36-38(34)35)28(21-10-4-1-5-11-21,22-12-6-2-7-13-22)23-14-8-3-9-15-23/h1-17,24,26H,18-20H2,(H-,29,32,33,34,35)/p+1/t24-,26+/m0/s1. The monoisotopic (exact) mass is 532 g/mol. The minimum Gasteiger partial charge on any atom is -0.349 e. The van der Waals surface area contributed by atoms with Crippen molar-refractivity contribution in [3.05, 3.63) is 141 Å². The molecule has 4 aromatic rings. The summed E-state index contributed by atoms with van der Waals surface area (Å²) in [6, 6.07) is 31.4. The van der Waals surface area contributed by atoms with Crippen LogP contribution in [0.5, 0.6) is 0 Å². The van der Waals surface area contributed by atoms with E-state index < -0.39 is 37.4 Å². The molecule has 1 unspecified atom stereocenters. The van der Waals surface area contributed by atoms with E-state index in [9.17, 15) is 19.0 Å². The number of rotatable bonds is 8. The molecule has 5 rings (SSSR count). The fraction of sp³-hybridized carbons (Fsp3) is 0.214. The van der Waals surface area contributed by atoms with Gasteiger partial charge in [0.2, 0.25) is 0 Å². The van der Waals surface area contributed by atoms with Crippen LogP contribution in [0.25, 0.3) is 0 Å². The van der Waals surface area contributed by atoms with Crippen LogP contribution >= 0.6 is 8.25 Å². The van der Waals surface area contributed by atoms with E-state index in [0.29, 0.717) is 6.54 Å². The quantitative estimate of drug-likeness (QED) is 0.264. The molecule has 9 nitrogen and oxygen atoms in total. The first-order chi connectivity index (χ1) is 18.5. The molecule has 194 valence electrons. The van der Waals surface area contributed by atoms with E-state index in [2.05, 4.69) is 46.3 Å². The molecule has 2 N–H and O–H groups in total. The Hall–Kier alpha value is -3.72. The lowest BCUT2D eigenvalue weighted by Crippen LogP contribution is -2.58. The highest BCUT2D eigenvalue weighted by atomic mass is 31.1. The third-order valence-corrected chi connectivity index (χ3v) is 7.10. The maximum absolute atomic E-state index is 12.8. The number of ether oxygens (including phenoxy) is 1. The highest BCUT2D eigenvalue weighted by molar-refractivity contribution is 7.32. The average molecular weight is 533 g/mol. The van der Waals surface area contributed by atoms with Gasteiger partial charge in [-0.3, -0.25) is 19.2 Å². The largest absolute Gasteiger partial charge is 0.694 e. The number of benzene rings is 3. The van der Waals surface area contributed by atoms with Crippen molar-refractivity contribution in [2.45, 2.75) is 17.9 Å². The SMILES string of the molecule is O=c1ccn([C@H]2CN(C(c3ccccc3)(c3ccccc3)c3ccccc3)C[C@@H](CO[P+](=O)O)O2)c(=O)[nH]1. The molecule has 38 heavy (non-hydrogen) atoms. The van der Waals surface area contributed by atoms with Crippen LogP contribution < -0.4 is 11.2 Å². The molecule has 0 bridgehead atoms. The van der Waals surface area contributed by atoms with Gasteiger partial charge in [0.05, 0.1) is 5.54 Å². The summed E-state index contributed by atoms with van der Waals surface area (Å²) in [6.07, 6.45) is -0.0716. The van der Waals surface area contributed by atoms with E-state index in [1.54, 1.807) is 0 Å². The first-order valence-corrected chi connectivity index (χ1v) is 13.3. The van der Waals surface area contributed by atoms with Crippen molar-refractivity contribution >= 4 is 8.25 Å². The molecule has 1 saturated heterocycles. The van der Waals surface area contributed by atoms with Gasteiger partial charge in [-0.2, -0.15) is 0 Å². The Labute approximate surface area is 219 Å². The van der Waals surface area contributed by atoms with Crippen molar-refractivity contribution in [3.63, 3.8) is 0 Å². The second kappa shape index (κ2) is 11.3. The maximum Gasteiger partial charge on any atom is 0.694 e. The smallest absolute Gasteiger partial charge is 0.349 e. The highest BCUT2D eigenvalue weighted by Crippen LogP contribution is 2.44. The van der Waals surface area contributed by atoms with Crippen LogP contribution in [-0.4, -0.2) is 45.1 Å². The van der Waals surface area contributed by atoms with Crippen LogP contribution in [0.2, 0.25) is 0 Å². The van der Waals surface area contributed by atoms with Crippen molar-refractivity contribution in [1.29, 1.82) is 0 Å². The summed E-state index contributed by atoms with van der Waals surface area (Å²) in [5.74, 6) is 0. The van der Waals surface area contributed by atoms with E-state index in [4.69, 9.17) is 9.26 Å². The number of aromatic nitrogens is 2. The normalized spacial score (nSPS) is 18.7. The predicted octanol–water partition coefficient (Wildman–Crippen LogP) is 3.39. The summed E-state index contributed by atoms with van der Waals surface area (Å²) in [5.41, 5.74) is 1.07. The van der Waals surface area contributed by atoms with E-state index >= 15 is 0 Å². The lowest BCUT2D eigenvalue weighted by Gasteiger charge is -2.50. The Kier molecular flexibility index (Phi) is 7.74. The third kappa shape index (κ3) is 5.15. The number of nitrogens with zero attached hydrogens (tertiary/aromatic N) is 2. The van der Waals surface area contributed by atoms with Gasteiger partial charge in [0.1, 0.15) is 12.7 Å². The summed E-state index contributed by atoms with van der Waals surface area (Å²) in [7, 11) is -2.84. The van der Waals surface area contributed by atoms with E-state index in [1.807, 2.05) is 54.6 Å². The van der Waals surface area contributed by atoms with Gasteiger partial charge >= 0.3 is 13.9 Å². The summed E-state index contributed by atoms with van der Waals surface area (Å²) in [6.45, 7) is 0.439. The van der Waals surface area contributed by atoms with Gasteiger partial charge in [0, 0.05) is 29.9 Å². The van der Waals surface area contributed by atoms with Crippen LogP contribution in [0.3, 0.4) is 0 Å². The molecule has 10 heteroatoms. The van der Waals surface area contributed by atoms with Gasteiger partial charge in [-0.25, -0.2) is 4.79 Å². The van der Waals surface area contributed by atoms with Gasteiger partial charge in [-0.1, -0.05) is 91.0 Å². The van der Waals surface area contributed by atoms with Crippen molar-refractivity contribution in [2.75, 3.05) is 19.7 Å². The minimum atomic E-state index is -2.84. The molecule has 0 saturated carbocycles. The molecular weight excluding hydrogens is 505 g/mol. The second-order valence-corrected chi connectivity index (χ2v) is 9.71. The van der Waals surface area contributed by atoms with Crippen LogP contribution in [0.4, 0.5) is 0 Å². The van der Waals surface area contributed by atoms with Gasteiger partial charge < -0.3 is 4.74 Å². The topological polar surface area (TPSA) is 114 Å². The van der Waals surface area contributed by atoms with E-state index in [0.717, 1.165) is 16.7 Å². The number of morpholine rings is 1. The summed E-state index contributed by atoms with van der Waals surface area (Å²) in [5, 5.41) is 0. The van der Waals surface area contributed by atoms with E-state index in [-0.39, 0.29) is 13.2 Å². The fourth-order valence-corrected chi connectivity index (χ4v) is 5.52. The van der Waals surface area contributed by atoms with Crippen molar-refractivity contribution in [2.24, 2.45) is 0 Å². The van der Waals surface area contributed by atoms with Crippen molar-refractivity contribution in [3.8, 4) is 0 Å². The maximum atomic E-state index is 12.8. The zero-order chi connectivity index (χ0) is 26.5. The van der Waals surface area contributed by atoms with Crippen LogP contribution in [0, 0.1) is 0 Å². The zero-order valence-corrected chi connectivity index (χ0v) is 21.3. The highest BCUT2D eigenvalue weighted by Gasteiger charge is 2.46.